The summed E-state index contributed by atoms with van der Waals surface area (Å²) >= 11 is 3.56. The maximum Gasteiger partial charge on any atom is 0.136 e. The van der Waals surface area contributed by atoms with E-state index in [4.69, 9.17) is 0 Å². The van der Waals surface area contributed by atoms with Crippen LogP contribution in [0.2, 0.25) is 0 Å². The maximum atomic E-state index is 4.67. The van der Waals surface area contributed by atoms with Gasteiger partial charge in [0, 0.05) is 28.7 Å². The van der Waals surface area contributed by atoms with Crippen molar-refractivity contribution < 1.29 is 0 Å². The summed E-state index contributed by atoms with van der Waals surface area (Å²) in [5.41, 5.74) is 2.24. The van der Waals surface area contributed by atoms with E-state index in [-0.39, 0.29) is 0 Å². The molecule has 1 heterocycles. The van der Waals surface area contributed by atoms with Crippen molar-refractivity contribution in [3.05, 3.63) is 40.1 Å². The SMILES string of the molecule is CCNc1cc(Nc2cccc(Br)c2C)nc(C2CC2)n1. The van der Waals surface area contributed by atoms with Crippen LogP contribution in [-0.2, 0) is 0 Å². The molecule has 21 heavy (non-hydrogen) atoms. The largest absolute Gasteiger partial charge is 0.370 e. The highest BCUT2D eigenvalue weighted by atomic mass is 79.9. The van der Waals surface area contributed by atoms with E-state index in [1.165, 1.54) is 18.4 Å². The molecule has 1 saturated carbocycles. The van der Waals surface area contributed by atoms with E-state index in [0.29, 0.717) is 5.92 Å². The molecule has 4 nitrogen and oxygen atoms in total. The van der Waals surface area contributed by atoms with Crippen molar-refractivity contribution in [2.75, 3.05) is 17.2 Å². The highest BCUT2D eigenvalue weighted by molar-refractivity contribution is 9.10. The van der Waals surface area contributed by atoms with Gasteiger partial charge in [-0.25, -0.2) is 9.97 Å². The third-order valence-corrected chi connectivity index (χ3v) is 4.43. The lowest BCUT2D eigenvalue weighted by Crippen LogP contribution is -2.06. The predicted octanol–water partition coefficient (Wildman–Crippen LogP) is 4.60. The molecule has 0 unspecified atom stereocenters. The molecule has 0 amide bonds. The molecule has 5 heteroatoms. The lowest BCUT2D eigenvalue weighted by molar-refractivity contribution is 0.927. The monoisotopic (exact) mass is 346 g/mol. The summed E-state index contributed by atoms with van der Waals surface area (Å²) in [5.74, 6) is 3.23. The van der Waals surface area contributed by atoms with Gasteiger partial charge in [-0.3, -0.25) is 0 Å². The molecule has 0 atom stereocenters. The molecule has 0 aliphatic heterocycles. The number of benzene rings is 1. The van der Waals surface area contributed by atoms with E-state index in [1.54, 1.807) is 0 Å². The predicted molar refractivity (Wildman–Crippen MR) is 90.3 cm³/mol. The molecule has 0 spiro atoms. The van der Waals surface area contributed by atoms with Crippen molar-refractivity contribution in [1.82, 2.24) is 9.97 Å². The van der Waals surface area contributed by atoms with E-state index in [1.807, 2.05) is 18.2 Å². The Labute approximate surface area is 133 Å². The van der Waals surface area contributed by atoms with Crippen molar-refractivity contribution in [2.45, 2.75) is 32.6 Å². The van der Waals surface area contributed by atoms with E-state index in [0.717, 1.165) is 34.2 Å². The highest BCUT2D eigenvalue weighted by Gasteiger charge is 2.27. The Balaban J connectivity index is 1.91. The van der Waals surface area contributed by atoms with Gasteiger partial charge < -0.3 is 10.6 Å². The van der Waals surface area contributed by atoms with Gasteiger partial charge in [0.05, 0.1) is 0 Å². The molecule has 1 aliphatic rings. The molecule has 1 aliphatic carbocycles. The zero-order chi connectivity index (χ0) is 14.8. The smallest absolute Gasteiger partial charge is 0.136 e. The molecule has 2 aromatic rings. The van der Waals surface area contributed by atoms with Gasteiger partial charge >= 0.3 is 0 Å². The average Bonchev–Trinajstić information content (AvgIpc) is 3.29. The molecule has 1 aromatic carbocycles. The summed E-state index contributed by atoms with van der Waals surface area (Å²) in [6.45, 7) is 5.02. The average molecular weight is 347 g/mol. The van der Waals surface area contributed by atoms with Gasteiger partial charge in [0.1, 0.15) is 17.5 Å². The summed E-state index contributed by atoms with van der Waals surface area (Å²) in [7, 11) is 0. The number of nitrogens with zero attached hydrogens (tertiary/aromatic N) is 2. The van der Waals surface area contributed by atoms with E-state index in [2.05, 4.69) is 56.4 Å². The number of halogens is 1. The minimum Gasteiger partial charge on any atom is -0.370 e. The fourth-order valence-corrected chi connectivity index (χ4v) is 2.57. The third-order valence-electron chi connectivity index (χ3n) is 3.57. The van der Waals surface area contributed by atoms with Gasteiger partial charge in [-0.1, -0.05) is 22.0 Å². The second-order valence-corrected chi connectivity index (χ2v) is 6.19. The number of anilines is 3. The molecule has 0 bridgehead atoms. The first-order valence-electron chi connectivity index (χ1n) is 7.32. The Hall–Kier alpha value is -1.62. The summed E-state index contributed by atoms with van der Waals surface area (Å²) in [4.78, 5) is 9.26. The lowest BCUT2D eigenvalue weighted by atomic mass is 10.2. The van der Waals surface area contributed by atoms with Crippen molar-refractivity contribution >= 4 is 33.3 Å². The number of hydrogen-bond acceptors (Lipinski definition) is 4. The fraction of sp³-hybridized carbons (Fsp3) is 0.375. The topological polar surface area (TPSA) is 49.8 Å². The zero-order valence-electron chi connectivity index (χ0n) is 12.3. The fourth-order valence-electron chi connectivity index (χ4n) is 2.21. The molecule has 2 N–H and O–H groups in total. The van der Waals surface area contributed by atoms with Crippen LogP contribution in [0.1, 0.15) is 37.1 Å². The second kappa shape index (κ2) is 6.02. The molecular weight excluding hydrogens is 328 g/mol. The van der Waals surface area contributed by atoms with Crippen LogP contribution in [0.5, 0.6) is 0 Å². The normalized spacial score (nSPS) is 14.0. The van der Waals surface area contributed by atoms with Crippen LogP contribution in [0.25, 0.3) is 0 Å². The minimum atomic E-state index is 0.535. The van der Waals surface area contributed by atoms with Crippen LogP contribution in [0, 0.1) is 6.92 Å². The molecule has 0 saturated heterocycles. The Morgan fingerprint density at radius 1 is 1.24 bits per heavy atom. The molecule has 0 radical (unpaired) electrons. The first-order chi connectivity index (χ1) is 10.2. The van der Waals surface area contributed by atoms with Crippen LogP contribution in [-0.4, -0.2) is 16.5 Å². The summed E-state index contributed by atoms with van der Waals surface area (Å²) in [5, 5.41) is 6.70. The van der Waals surface area contributed by atoms with E-state index in [9.17, 15) is 0 Å². The number of rotatable bonds is 5. The molecular formula is C16H19BrN4. The van der Waals surface area contributed by atoms with Gasteiger partial charge in [0.2, 0.25) is 0 Å². The second-order valence-electron chi connectivity index (χ2n) is 5.34. The molecule has 110 valence electrons. The minimum absolute atomic E-state index is 0.535. The number of hydrogen-bond donors (Lipinski definition) is 2. The highest BCUT2D eigenvalue weighted by Crippen LogP contribution is 2.39. The Bertz CT molecular complexity index is 653. The van der Waals surface area contributed by atoms with Crippen LogP contribution in [0.15, 0.2) is 28.7 Å². The summed E-state index contributed by atoms with van der Waals surface area (Å²) in [6, 6.07) is 8.09. The van der Waals surface area contributed by atoms with Crippen molar-refractivity contribution in [2.24, 2.45) is 0 Å². The van der Waals surface area contributed by atoms with E-state index < -0.39 is 0 Å². The number of aromatic nitrogens is 2. The van der Waals surface area contributed by atoms with Crippen molar-refractivity contribution in [3.63, 3.8) is 0 Å². The van der Waals surface area contributed by atoms with Crippen LogP contribution >= 0.6 is 15.9 Å². The third kappa shape index (κ3) is 3.35. The van der Waals surface area contributed by atoms with E-state index >= 15 is 0 Å². The first kappa shape index (κ1) is 14.3. The van der Waals surface area contributed by atoms with Gasteiger partial charge in [0.25, 0.3) is 0 Å². The van der Waals surface area contributed by atoms with Crippen molar-refractivity contribution in [1.29, 1.82) is 0 Å². The molecule has 1 fully saturated rings. The Kier molecular flexibility index (Phi) is 4.10. The van der Waals surface area contributed by atoms with Gasteiger partial charge in [-0.15, -0.1) is 0 Å². The lowest BCUT2D eigenvalue weighted by Gasteiger charge is -2.12. The van der Waals surface area contributed by atoms with Crippen LogP contribution in [0.4, 0.5) is 17.3 Å². The quantitative estimate of drug-likeness (QED) is 0.830. The number of nitrogens with one attached hydrogen (secondary N) is 2. The van der Waals surface area contributed by atoms with Gasteiger partial charge in [-0.2, -0.15) is 0 Å². The zero-order valence-corrected chi connectivity index (χ0v) is 13.9. The van der Waals surface area contributed by atoms with Gasteiger partial charge in [0.15, 0.2) is 0 Å². The van der Waals surface area contributed by atoms with Crippen molar-refractivity contribution in [3.8, 4) is 0 Å². The van der Waals surface area contributed by atoms with Crippen LogP contribution < -0.4 is 10.6 Å². The maximum absolute atomic E-state index is 4.67. The summed E-state index contributed by atoms with van der Waals surface area (Å²) in [6.07, 6.45) is 2.40. The Morgan fingerprint density at radius 2 is 2.00 bits per heavy atom. The molecule has 1 aromatic heterocycles. The molecule has 3 rings (SSSR count). The Morgan fingerprint density at radius 3 is 2.71 bits per heavy atom. The first-order valence-corrected chi connectivity index (χ1v) is 8.11. The standard InChI is InChI=1S/C16H19BrN4/c1-3-18-14-9-15(21-16(20-14)11-7-8-11)19-13-6-4-5-12(17)10(13)2/h4-6,9,11H,3,7-8H2,1-2H3,(H2,18,19,20,21). The van der Waals surface area contributed by atoms with Crippen LogP contribution in [0.3, 0.4) is 0 Å². The van der Waals surface area contributed by atoms with Gasteiger partial charge in [-0.05, 0) is 44.4 Å². The summed E-state index contributed by atoms with van der Waals surface area (Å²) < 4.78 is 1.09.